The summed E-state index contributed by atoms with van der Waals surface area (Å²) in [6.07, 6.45) is 2.47. The summed E-state index contributed by atoms with van der Waals surface area (Å²) in [7, 11) is 0. The van der Waals surface area contributed by atoms with E-state index < -0.39 is 17.2 Å². The van der Waals surface area contributed by atoms with Gasteiger partial charge >= 0.3 is 0 Å². The Bertz CT molecular complexity index is 686. The monoisotopic (exact) mass is 319 g/mol. The number of aromatic nitrogens is 1. The fourth-order valence-corrected chi connectivity index (χ4v) is 2.53. The molecule has 122 valence electrons. The van der Waals surface area contributed by atoms with Crippen molar-refractivity contribution in [2.45, 2.75) is 12.8 Å². The van der Waals surface area contributed by atoms with Crippen LogP contribution in [0.4, 0.5) is 0 Å². The molecule has 0 bridgehead atoms. The highest BCUT2D eigenvalue weighted by molar-refractivity contribution is 5.93. The number of carbonyl (C=O) groups is 2. The number of carbonyl (C=O) groups excluding carboxylic acids is 2. The molecule has 1 aliphatic rings. The third kappa shape index (κ3) is 3.11. The van der Waals surface area contributed by atoms with E-state index in [1.807, 2.05) is 0 Å². The molecule has 1 fully saturated rings. The number of nitrogens with one attached hydrogen (secondary N) is 1. The molecule has 8 heteroatoms. The molecule has 0 aromatic carbocycles. The Morgan fingerprint density at radius 2 is 2.09 bits per heavy atom. The molecule has 2 aromatic rings. The molecule has 1 saturated heterocycles. The van der Waals surface area contributed by atoms with Crippen molar-refractivity contribution in [1.82, 2.24) is 10.5 Å². The van der Waals surface area contributed by atoms with Gasteiger partial charge in [0.15, 0.2) is 11.5 Å². The first-order chi connectivity index (χ1) is 11.1. The standard InChI is InChI=1S/C15H17N3O5/c16-14(20)15(3-6-21-7-4-15)9-17-13(19)10-8-12(23-18-10)11-2-1-5-22-11/h1-2,5,8H,3-4,6-7,9H2,(H2,16,20)(H,17,19). The van der Waals surface area contributed by atoms with Crippen molar-refractivity contribution >= 4 is 11.8 Å². The highest BCUT2D eigenvalue weighted by Crippen LogP contribution is 2.29. The predicted molar refractivity (Wildman–Crippen MR) is 78.2 cm³/mol. The number of furan rings is 1. The lowest BCUT2D eigenvalue weighted by Gasteiger charge is -2.34. The molecule has 1 aliphatic heterocycles. The Hall–Kier alpha value is -2.61. The molecule has 3 rings (SSSR count). The van der Waals surface area contributed by atoms with Gasteiger partial charge in [-0.15, -0.1) is 0 Å². The quantitative estimate of drug-likeness (QED) is 0.846. The van der Waals surface area contributed by atoms with Crippen LogP contribution in [0.2, 0.25) is 0 Å². The molecule has 2 aromatic heterocycles. The number of nitrogens with two attached hydrogens (primary N) is 1. The fourth-order valence-electron chi connectivity index (χ4n) is 2.53. The van der Waals surface area contributed by atoms with Crippen LogP contribution < -0.4 is 11.1 Å². The maximum Gasteiger partial charge on any atom is 0.273 e. The summed E-state index contributed by atoms with van der Waals surface area (Å²) in [4.78, 5) is 23.9. The van der Waals surface area contributed by atoms with Crippen molar-refractivity contribution in [3.63, 3.8) is 0 Å². The number of hydrogen-bond acceptors (Lipinski definition) is 6. The summed E-state index contributed by atoms with van der Waals surface area (Å²) in [5, 5.41) is 6.42. The van der Waals surface area contributed by atoms with Crippen LogP contribution in [0.3, 0.4) is 0 Å². The van der Waals surface area contributed by atoms with Crippen molar-refractivity contribution in [1.29, 1.82) is 0 Å². The van der Waals surface area contributed by atoms with E-state index in [9.17, 15) is 9.59 Å². The summed E-state index contributed by atoms with van der Waals surface area (Å²) in [6, 6.07) is 4.89. The number of ether oxygens (including phenoxy) is 1. The van der Waals surface area contributed by atoms with Crippen molar-refractivity contribution in [3.8, 4) is 11.5 Å². The Morgan fingerprint density at radius 3 is 2.74 bits per heavy atom. The molecule has 0 radical (unpaired) electrons. The van der Waals surface area contributed by atoms with Gasteiger partial charge in [-0.1, -0.05) is 5.16 Å². The first-order valence-electron chi connectivity index (χ1n) is 7.27. The van der Waals surface area contributed by atoms with E-state index in [-0.39, 0.29) is 12.2 Å². The summed E-state index contributed by atoms with van der Waals surface area (Å²) < 4.78 is 15.5. The van der Waals surface area contributed by atoms with Crippen LogP contribution in [0, 0.1) is 5.41 Å². The molecule has 0 spiro atoms. The molecule has 3 N–H and O–H groups in total. The molecular weight excluding hydrogens is 302 g/mol. The fraction of sp³-hybridized carbons (Fsp3) is 0.400. The van der Waals surface area contributed by atoms with Gasteiger partial charge in [-0.25, -0.2) is 0 Å². The van der Waals surface area contributed by atoms with Crippen molar-refractivity contribution in [3.05, 3.63) is 30.2 Å². The van der Waals surface area contributed by atoms with E-state index in [1.165, 1.54) is 12.3 Å². The Balaban J connectivity index is 1.66. The average Bonchev–Trinajstić information content (AvgIpc) is 3.24. The predicted octanol–water partition coefficient (Wildman–Crippen LogP) is 0.946. The molecule has 0 unspecified atom stereocenters. The Morgan fingerprint density at radius 1 is 1.30 bits per heavy atom. The van der Waals surface area contributed by atoms with Crippen molar-refractivity contribution in [2.24, 2.45) is 11.1 Å². The lowest BCUT2D eigenvalue weighted by Crippen LogP contribution is -2.49. The highest BCUT2D eigenvalue weighted by atomic mass is 16.5. The maximum absolute atomic E-state index is 12.2. The van der Waals surface area contributed by atoms with Crippen LogP contribution in [-0.2, 0) is 9.53 Å². The van der Waals surface area contributed by atoms with Gasteiger partial charge in [-0.2, -0.15) is 0 Å². The molecule has 0 saturated carbocycles. The Labute approximate surface area is 131 Å². The van der Waals surface area contributed by atoms with Crippen LogP contribution in [0.1, 0.15) is 23.3 Å². The second-order valence-electron chi connectivity index (χ2n) is 5.49. The molecule has 0 aliphatic carbocycles. The normalized spacial score (nSPS) is 16.9. The first-order valence-corrected chi connectivity index (χ1v) is 7.27. The van der Waals surface area contributed by atoms with E-state index >= 15 is 0 Å². The van der Waals surface area contributed by atoms with Crippen molar-refractivity contribution in [2.75, 3.05) is 19.8 Å². The second-order valence-corrected chi connectivity index (χ2v) is 5.49. The SMILES string of the molecule is NC(=O)C1(CNC(=O)c2cc(-c3ccco3)on2)CCOCC1. The van der Waals surface area contributed by atoms with Crippen LogP contribution >= 0.6 is 0 Å². The molecule has 23 heavy (non-hydrogen) atoms. The molecule has 2 amide bonds. The second kappa shape index (κ2) is 6.25. The van der Waals surface area contributed by atoms with E-state index in [1.54, 1.807) is 12.1 Å². The van der Waals surface area contributed by atoms with Gasteiger partial charge in [0.2, 0.25) is 11.7 Å². The maximum atomic E-state index is 12.2. The lowest BCUT2D eigenvalue weighted by molar-refractivity contribution is -0.132. The molecular formula is C15H17N3O5. The zero-order valence-corrected chi connectivity index (χ0v) is 12.4. The summed E-state index contributed by atoms with van der Waals surface area (Å²) in [5.74, 6) is -0.0263. The molecule has 0 atom stereocenters. The number of primary amides is 1. The summed E-state index contributed by atoms with van der Waals surface area (Å²) in [5.41, 5.74) is 4.84. The average molecular weight is 319 g/mol. The van der Waals surface area contributed by atoms with Crippen LogP contribution in [-0.4, -0.2) is 36.7 Å². The third-order valence-corrected chi connectivity index (χ3v) is 4.07. The minimum absolute atomic E-state index is 0.114. The number of rotatable bonds is 5. The van der Waals surface area contributed by atoms with E-state index in [0.29, 0.717) is 37.6 Å². The topological polar surface area (TPSA) is 121 Å². The molecule has 8 nitrogen and oxygen atoms in total. The van der Waals surface area contributed by atoms with Gasteiger partial charge in [0, 0.05) is 25.8 Å². The zero-order valence-electron chi connectivity index (χ0n) is 12.4. The largest absolute Gasteiger partial charge is 0.461 e. The highest BCUT2D eigenvalue weighted by Gasteiger charge is 2.38. The molecule has 3 heterocycles. The number of hydrogen-bond donors (Lipinski definition) is 2. The van der Waals surface area contributed by atoms with Crippen LogP contribution in [0.15, 0.2) is 33.4 Å². The van der Waals surface area contributed by atoms with Crippen molar-refractivity contribution < 1.29 is 23.3 Å². The minimum atomic E-state index is -0.776. The van der Waals surface area contributed by atoms with Gasteiger partial charge in [0.25, 0.3) is 5.91 Å². The minimum Gasteiger partial charge on any atom is -0.461 e. The summed E-state index contributed by atoms with van der Waals surface area (Å²) in [6.45, 7) is 1.05. The summed E-state index contributed by atoms with van der Waals surface area (Å²) >= 11 is 0. The first kappa shape index (κ1) is 15.3. The van der Waals surface area contributed by atoms with E-state index in [4.69, 9.17) is 19.4 Å². The lowest BCUT2D eigenvalue weighted by atomic mass is 9.79. The Kier molecular flexibility index (Phi) is 4.16. The number of amides is 2. The van der Waals surface area contributed by atoms with E-state index in [0.717, 1.165) is 0 Å². The smallest absolute Gasteiger partial charge is 0.273 e. The number of nitrogens with zero attached hydrogens (tertiary/aromatic N) is 1. The van der Waals surface area contributed by atoms with Gasteiger partial charge < -0.3 is 24.7 Å². The van der Waals surface area contributed by atoms with Crippen LogP contribution in [0.5, 0.6) is 0 Å². The van der Waals surface area contributed by atoms with Crippen LogP contribution in [0.25, 0.3) is 11.5 Å². The van der Waals surface area contributed by atoms with Gasteiger partial charge in [0.1, 0.15) is 0 Å². The van der Waals surface area contributed by atoms with Gasteiger partial charge in [-0.05, 0) is 25.0 Å². The van der Waals surface area contributed by atoms with Gasteiger partial charge in [-0.3, -0.25) is 9.59 Å². The van der Waals surface area contributed by atoms with Gasteiger partial charge in [0.05, 0.1) is 11.7 Å². The third-order valence-electron chi connectivity index (χ3n) is 4.07. The van der Waals surface area contributed by atoms with E-state index in [2.05, 4.69) is 10.5 Å². The zero-order chi connectivity index (χ0) is 16.3.